The van der Waals surface area contributed by atoms with E-state index in [2.05, 4.69) is 10.6 Å². The molecule has 0 heterocycles. The highest BCUT2D eigenvalue weighted by Crippen LogP contribution is 2.11. The van der Waals surface area contributed by atoms with Crippen LogP contribution < -0.4 is 16.4 Å². The number of carboxylic acids is 1. The van der Waals surface area contributed by atoms with Crippen molar-refractivity contribution < 1.29 is 24.6 Å². The van der Waals surface area contributed by atoms with Crippen molar-refractivity contribution in [1.29, 1.82) is 0 Å². The van der Waals surface area contributed by atoms with E-state index in [1.807, 2.05) is 6.26 Å². The minimum atomic E-state index is -1.19. The van der Waals surface area contributed by atoms with Crippen molar-refractivity contribution in [1.82, 2.24) is 10.6 Å². The van der Waals surface area contributed by atoms with Gasteiger partial charge in [-0.05, 0) is 36.1 Å². The number of thioether (sulfide) groups is 1. The van der Waals surface area contributed by atoms with Gasteiger partial charge in [-0.1, -0.05) is 12.1 Å². The summed E-state index contributed by atoms with van der Waals surface area (Å²) in [6.07, 6.45) is 2.45. The predicted molar refractivity (Wildman–Crippen MR) is 95.4 cm³/mol. The van der Waals surface area contributed by atoms with E-state index in [4.69, 9.17) is 5.73 Å². The summed E-state index contributed by atoms with van der Waals surface area (Å²) < 4.78 is 0. The Kier molecular flexibility index (Phi) is 8.79. The molecular weight excluding hydrogens is 346 g/mol. The number of nitrogens with one attached hydrogen (secondary N) is 2. The zero-order chi connectivity index (χ0) is 18.8. The average molecular weight is 369 g/mol. The van der Waals surface area contributed by atoms with Gasteiger partial charge in [-0.2, -0.15) is 11.8 Å². The Morgan fingerprint density at radius 3 is 2.44 bits per heavy atom. The van der Waals surface area contributed by atoms with E-state index < -0.39 is 29.9 Å². The number of carbonyl (C=O) groups is 3. The number of phenols is 1. The van der Waals surface area contributed by atoms with Crippen molar-refractivity contribution in [2.24, 2.45) is 5.73 Å². The summed E-state index contributed by atoms with van der Waals surface area (Å²) in [4.78, 5) is 34.9. The highest BCUT2D eigenvalue weighted by Gasteiger charge is 2.21. The fraction of sp³-hybridized carbons (Fsp3) is 0.438. The van der Waals surface area contributed by atoms with Gasteiger partial charge in [0.25, 0.3) is 0 Å². The second kappa shape index (κ2) is 10.6. The van der Waals surface area contributed by atoms with Crippen molar-refractivity contribution in [3.63, 3.8) is 0 Å². The lowest BCUT2D eigenvalue weighted by Gasteiger charge is -2.16. The molecule has 8 nitrogen and oxygen atoms in total. The summed E-state index contributed by atoms with van der Waals surface area (Å²) in [5, 5.41) is 23.2. The largest absolute Gasteiger partial charge is 0.508 e. The van der Waals surface area contributed by atoms with Crippen LogP contribution in [0.2, 0.25) is 0 Å². The molecule has 138 valence electrons. The number of aliphatic carboxylic acids is 1. The number of hydrogen-bond acceptors (Lipinski definition) is 6. The third kappa shape index (κ3) is 7.90. The molecule has 0 radical (unpaired) electrons. The maximum absolute atomic E-state index is 11.9. The molecule has 1 aromatic rings. The number of nitrogens with two attached hydrogens (primary N) is 1. The quantitative estimate of drug-likeness (QED) is 0.381. The lowest BCUT2D eigenvalue weighted by atomic mass is 10.1. The van der Waals surface area contributed by atoms with E-state index in [0.29, 0.717) is 12.0 Å². The van der Waals surface area contributed by atoms with Crippen molar-refractivity contribution in [3.8, 4) is 5.75 Å². The first kappa shape index (κ1) is 20.8. The number of aromatic hydroxyl groups is 1. The van der Waals surface area contributed by atoms with Crippen LogP contribution in [0.4, 0.5) is 0 Å². The van der Waals surface area contributed by atoms with Crippen LogP contribution in [0.25, 0.3) is 0 Å². The Morgan fingerprint density at radius 2 is 1.88 bits per heavy atom. The highest BCUT2D eigenvalue weighted by atomic mass is 32.2. The van der Waals surface area contributed by atoms with Gasteiger partial charge in [0.1, 0.15) is 11.8 Å². The molecule has 1 rings (SSSR count). The summed E-state index contributed by atoms with van der Waals surface area (Å²) in [5.41, 5.74) is 6.33. The topological polar surface area (TPSA) is 142 Å². The SMILES string of the molecule is CSCC[C@H](N)C(=O)NCC(=O)N[C@@H](Cc1ccc(O)cc1)C(=O)O. The number of hydrogen-bond donors (Lipinski definition) is 5. The van der Waals surface area contributed by atoms with Crippen LogP contribution in [-0.2, 0) is 20.8 Å². The van der Waals surface area contributed by atoms with Crippen LogP contribution >= 0.6 is 11.8 Å². The first-order valence-electron chi connectivity index (χ1n) is 7.65. The smallest absolute Gasteiger partial charge is 0.326 e. The van der Waals surface area contributed by atoms with Gasteiger partial charge in [0.15, 0.2) is 0 Å². The maximum Gasteiger partial charge on any atom is 0.326 e. The molecule has 0 aromatic heterocycles. The van der Waals surface area contributed by atoms with Gasteiger partial charge >= 0.3 is 5.97 Å². The van der Waals surface area contributed by atoms with Gasteiger partial charge < -0.3 is 26.6 Å². The van der Waals surface area contributed by atoms with Crippen LogP contribution in [0.15, 0.2) is 24.3 Å². The van der Waals surface area contributed by atoms with Crippen molar-refractivity contribution in [2.75, 3.05) is 18.6 Å². The summed E-state index contributed by atoms with van der Waals surface area (Å²) in [5.74, 6) is -1.45. The minimum Gasteiger partial charge on any atom is -0.508 e. The van der Waals surface area contributed by atoms with Crippen LogP contribution in [0.1, 0.15) is 12.0 Å². The first-order chi connectivity index (χ1) is 11.8. The zero-order valence-corrected chi connectivity index (χ0v) is 14.7. The van der Waals surface area contributed by atoms with E-state index >= 15 is 0 Å². The third-order valence-corrected chi connectivity index (χ3v) is 4.05. The minimum absolute atomic E-state index is 0.0581. The lowest BCUT2D eigenvalue weighted by Crippen LogP contribution is -2.49. The zero-order valence-electron chi connectivity index (χ0n) is 13.9. The highest BCUT2D eigenvalue weighted by molar-refractivity contribution is 7.98. The Balaban J connectivity index is 2.49. The molecule has 6 N–H and O–H groups in total. The van der Waals surface area contributed by atoms with Gasteiger partial charge in [-0.15, -0.1) is 0 Å². The molecule has 2 atom stereocenters. The van der Waals surface area contributed by atoms with E-state index in [9.17, 15) is 24.6 Å². The molecule has 0 saturated carbocycles. The molecule has 0 bridgehead atoms. The molecule has 0 aliphatic rings. The summed E-state index contributed by atoms with van der Waals surface area (Å²) in [7, 11) is 0. The average Bonchev–Trinajstić information content (AvgIpc) is 2.58. The molecule has 0 unspecified atom stereocenters. The van der Waals surface area contributed by atoms with Crippen LogP contribution in [0.5, 0.6) is 5.75 Å². The van der Waals surface area contributed by atoms with Gasteiger partial charge in [0, 0.05) is 6.42 Å². The number of carboxylic acid groups (broad SMARTS) is 1. The molecule has 2 amide bonds. The summed E-state index contributed by atoms with van der Waals surface area (Å²) in [6.45, 7) is -0.342. The second-order valence-electron chi connectivity index (χ2n) is 5.43. The van der Waals surface area contributed by atoms with Gasteiger partial charge in [-0.3, -0.25) is 9.59 Å². The van der Waals surface area contributed by atoms with E-state index in [1.165, 1.54) is 12.1 Å². The van der Waals surface area contributed by atoms with Crippen LogP contribution in [0.3, 0.4) is 0 Å². The van der Waals surface area contributed by atoms with E-state index in [-0.39, 0.29) is 18.7 Å². The number of benzene rings is 1. The van der Waals surface area contributed by atoms with E-state index in [1.54, 1.807) is 23.9 Å². The molecular formula is C16H23N3O5S. The Labute approximate surface area is 150 Å². The van der Waals surface area contributed by atoms with Crippen molar-refractivity contribution in [2.45, 2.75) is 24.9 Å². The molecule has 0 saturated heterocycles. The number of phenolic OH excluding ortho intramolecular Hbond substituents is 1. The molecule has 9 heteroatoms. The van der Waals surface area contributed by atoms with Gasteiger partial charge in [0.2, 0.25) is 11.8 Å². The van der Waals surface area contributed by atoms with Crippen molar-refractivity contribution in [3.05, 3.63) is 29.8 Å². The van der Waals surface area contributed by atoms with Crippen LogP contribution in [-0.4, -0.2) is 58.6 Å². The maximum atomic E-state index is 11.9. The number of carbonyl (C=O) groups excluding carboxylic acids is 2. The normalized spacial score (nSPS) is 12.9. The number of amides is 2. The van der Waals surface area contributed by atoms with Gasteiger partial charge in [0.05, 0.1) is 12.6 Å². The molecule has 0 fully saturated rings. The second-order valence-corrected chi connectivity index (χ2v) is 6.42. The number of rotatable bonds is 10. The Morgan fingerprint density at radius 1 is 1.24 bits per heavy atom. The fourth-order valence-electron chi connectivity index (χ4n) is 1.99. The molecule has 0 aliphatic carbocycles. The molecule has 0 aliphatic heterocycles. The predicted octanol–water partition coefficient (Wildman–Crippen LogP) is -0.299. The summed E-state index contributed by atoms with van der Waals surface area (Å²) >= 11 is 1.56. The first-order valence-corrected chi connectivity index (χ1v) is 9.05. The third-order valence-electron chi connectivity index (χ3n) is 3.40. The Bertz CT molecular complexity index is 594. The Hall–Kier alpha value is -2.26. The van der Waals surface area contributed by atoms with E-state index in [0.717, 1.165) is 5.75 Å². The van der Waals surface area contributed by atoms with Gasteiger partial charge in [-0.25, -0.2) is 4.79 Å². The fourth-order valence-corrected chi connectivity index (χ4v) is 2.48. The molecule has 0 spiro atoms. The van der Waals surface area contributed by atoms with Crippen LogP contribution in [0, 0.1) is 0 Å². The standard InChI is InChI=1S/C16H23N3O5S/c1-25-7-6-12(17)15(22)18-9-14(21)19-13(16(23)24)8-10-2-4-11(20)5-3-10/h2-5,12-13,20H,6-9,17H2,1H3,(H,18,22)(H,19,21)(H,23,24)/t12-,13-/m0/s1. The molecule has 1 aromatic carbocycles. The summed E-state index contributed by atoms with van der Waals surface area (Å²) in [6, 6.07) is 4.18. The lowest BCUT2D eigenvalue weighted by molar-refractivity contribution is -0.141. The van der Waals surface area contributed by atoms with Crippen molar-refractivity contribution >= 4 is 29.5 Å². The molecule has 25 heavy (non-hydrogen) atoms. The monoisotopic (exact) mass is 369 g/mol.